The molecule has 0 radical (unpaired) electrons. The molecule has 5 nitrogen and oxygen atoms in total. The van der Waals surface area contributed by atoms with Crippen LogP contribution in [-0.2, 0) is 6.54 Å². The van der Waals surface area contributed by atoms with Gasteiger partial charge in [0, 0.05) is 17.8 Å². The first kappa shape index (κ1) is 15.2. The molecule has 126 valence electrons. The number of carbonyl (C=O) groups is 1. The van der Waals surface area contributed by atoms with Crippen molar-refractivity contribution in [2.24, 2.45) is 11.8 Å². The van der Waals surface area contributed by atoms with Gasteiger partial charge in [0.1, 0.15) is 0 Å². The standard InChI is InChI=1S/C18H27N3O2/c1-3-4-21-12(2)15(10-19-21)16(22)20-17-6-13-5-14(7-17)9-18(23,8-13)11-17/h10,13-14,23H,3-9,11H2,1-2H3,(H,20,22)/t13-,14-,17?,18?/m0/s1. The maximum absolute atomic E-state index is 12.8. The van der Waals surface area contributed by atoms with E-state index in [-0.39, 0.29) is 11.4 Å². The van der Waals surface area contributed by atoms with E-state index in [0.717, 1.165) is 50.8 Å². The number of carbonyl (C=O) groups excluding carboxylic acids is 1. The second-order valence-corrected chi connectivity index (χ2v) is 8.29. The Kier molecular flexibility index (Phi) is 3.34. The highest BCUT2D eigenvalue weighted by Gasteiger charge is 2.57. The van der Waals surface area contributed by atoms with Gasteiger partial charge in [0.15, 0.2) is 0 Å². The molecule has 4 saturated carbocycles. The van der Waals surface area contributed by atoms with Crippen molar-refractivity contribution < 1.29 is 9.90 Å². The molecule has 4 fully saturated rings. The highest BCUT2D eigenvalue weighted by atomic mass is 16.3. The summed E-state index contributed by atoms with van der Waals surface area (Å²) < 4.78 is 1.90. The molecule has 0 aliphatic heterocycles. The SMILES string of the molecule is CCCn1ncc(C(=O)NC23C[C@@H]4C[C@H](CC(O)(C4)C2)C3)c1C. The van der Waals surface area contributed by atoms with Crippen LogP contribution in [-0.4, -0.2) is 31.9 Å². The van der Waals surface area contributed by atoms with Crippen molar-refractivity contribution in [2.75, 3.05) is 0 Å². The first-order valence-corrected chi connectivity index (χ1v) is 8.99. The topological polar surface area (TPSA) is 67.2 Å². The molecule has 0 unspecified atom stereocenters. The van der Waals surface area contributed by atoms with Crippen LogP contribution in [0.2, 0.25) is 0 Å². The Balaban J connectivity index is 1.55. The molecule has 1 aromatic heterocycles. The van der Waals surface area contributed by atoms with Crippen molar-refractivity contribution in [3.8, 4) is 0 Å². The summed E-state index contributed by atoms with van der Waals surface area (Å²) in [4.78, 5) is 12.8. The largest absolute Gasteiger partial charge is 0.390 e. The maximum Gasteiger partial charge on any atom is 0.255 e. The molecule has 0 aromatic carbocycles. The molecule has 4 aliphatic rings. The number of aromatic nitrogens is 2. The van der Waals surface area contributed by atoms with Crippen LogP contribution in [0.15, 0.2) is 6.20 Å². The zero-order valence-corrected chi connectivity index (χ0v) is 14.1. The van der Waals surface area contributed by atoms with Gasteiger partial charge in [0.2, 0.25) is 0 Å². The average Bonchev–Trinajstić information content (AvgIpc) is 2.77. The summed E-state index contributed by atoms with van der Waals surface area (Å²) in [5.41, 5.74) is 0.877. The van der Waals surface area contributed by atoms with Crippen molar-refractivity contribution >= 4 is 5.91 Å². The van der Waals surface area contributed by atoms with E-state index in [4.69, 9.17) is 0 Å². The molecule has 4 aliphatic carbocycles. The van der Waals surface area contributed by atoms with Crippen LogP contribution >= 0.6 is 0 Å². The molecule has 1 amide bonds. The Hall–Kier alpha value is -1.36. The van der Waals surface area contributed by atoms with Gasteiger partial charge in [0.05, 0.1) is 17.4 Å². The lowest BCUT2D eigenvalue weighted by molar-refractivity contribution is -0.139. The summed E-state index contributed by atoms with van der Waals surface area (Å²) in [6.45, 7) is 4.91. The van der Waals surface area contributed by atoms with E-state index in [1.165, 1.54) is 6.42 Å². The molecule has 2 N–H and O–H groups in total. The Morgan fingerprint density at radius 1 is 1.39 bits per heavy atom. The molecule has 0 spiro atoms. The van der Waals surface area contributed by atoms with Gasteiger partial charge in [-0.15, -0.1) is 0 Å². The van der Waals surface area contributed by atoms with Gasteiger partial charge in [0.25, 0.3) is 5.91 Å². The highest BCUT2D eigenvalue weighted by Crippen LogP contribution is 2.57. The van der Waals surface area contributed by atoms with E-state index in [2.05, 4.69) is 17.3 Å². The van der Waals surface area contributed by atoms with E-state index >= 15 is 0 Å². The normalized spacial score (nSPS) is 38.0. The summed E-state index contributed by atoms with van der Waals surface area (Å²) in [5.74, 6) is 1.13. The van der Waals surface area contributed by atoms with E-state index < -0.39 is 5.60 Å². The first-order chi connectivity index (χ1) is 10.9. The summed E-state index contributed by atoms with van der Waals surface area (Å²) in [6.07, 6.45) is 8.55. The van der Waals surface area contributed by atoms with Crippen LogP contribution in [0.3, 0.4) is 0 Å². The second kappa shape index (κ2) is 5.07. The summed E-state index contributed by atoms with van der Waals surface area (Å²) in [5, 5.41) is 18.5. The lowest BCUT2D eigenvalue weighted by Gasteiger charge is -2.60. The Morgan fingerprint density at radius 2 is 2.09 bits per heavy atom. The summed E-state index contributed by atoms with van der Waals surface area (Å²) >= 11 is 0. The van der Waals surface area contributed by atoms with Crippen molar-refractivity contribution in [2.45, 2.75) is 76.5 Å². The van der Waals surface area contributed by atoms with E-state index in [9.17, 15) is 9.90 Å². The van der Waals surface area contributed by atoms with Gasteiger partial charge in [-0.05, 0) is 63.7 Å². The predicted molar refractivity (Wildman–Crippen MR) is 87.1 cm³/mol. The monoisotopic (exact) mass is 317 g/mol. The predicted octanol–water partition coefficient (Wildman–Crippen LogP) is 2.42. The van der Waals surface area contributed by atoms with E-state index in [1.54, 1.807) is 6.20 Å². The van der Waals surface area contributed by atoms with Crippen LogP contribution in [0.4, 0.5) is 0 Å². The minimum Gasteiger partial charge on any atom is -0.390 e. The molecule has 4 bridgehead atoms. The number of hydrogen-bond donors (Lipinski definition) is 2. The van der Waals surface area contributed by atoms with Crippen molar-refractivity contribution in [3.63, 3.8) is 0 Å². The van der Waals surface area contributed by atoms with Gasteiger partial charge in [-0.2, -0.15) is 5.10 Å². The molecule has 5 heteroatoms. The van der Waals surface area contributed by atoms with Gasteiger partial charge < -0.3 is 10.4 Å². The quantitative estimate of drug-likeness (QED) is 0.896. The Labute approximate surface area is 137 Å². The number of rotatable bonds is 4. The summed E-state index contributed by atoms with van der Waals surface area (Å²) in [7, 11) is 0. The number of aryl methyl sites for hydroxylation is 1. The molecule has 0 saturated heterocycles. The van der Waals surface area contributed by atoms with Gasteiger partial charge in [-0.25, -0.2) is 0 Å². The van der Waals surface area contributed by atoms with Crippen LogP contribution in [0.25, 0.3) is 0 Å². The third kappa shape index (κ3) is 2.49. The van der Waals surface area contributed by atoms with Crippen LogP contribution in [0.1, 0.15) is 67.9 Å². The lowest BCUT2D eigenvalue weighted by Crippen LogP contribution is -2.65. The van der Waals surface area contributed by atoms with E-state index in [0.29, 0.717) is 17.4 Å². The molecule has 1 heterocycles. The third-order valence-electron chi connectivity index (χ3n) is 6.19. The van der Waals surface area contributed by atoms with Gasteiger partial charge in [-0.1, -0.05) is 6.92 Å². The van der Waals surface area contributed by atoms with Crippen molar-refractivity contribution in [3.05, 3.63) is 17.5 Å². The number of hydrogen-bond acceptors (Lipinski definition) is 3. The lowest BCUT2D eigenvalue weighted by atomic mass is 9.51. The highest BCUT2D eigenvalue weighted by molar-refractivity contribution is 5.95. The number of nitrogens with zero attached hydrogens (tertiary/aromatic N) is 2. The minimum atomic E-state index is -0.543. The number of aliphatic hydroxyl groups is 1. The Bertz CT molecular complexity index is 622. The Morgan fingerprint density at radius 3 is 2.70 bits per heavy atom. The molecule has 23 heavy (non-hydrogen) atoms. The zero-order valence-electron chi connectivity index (χ0n) is 14.1. The van der Waals surface area contributed by atoms with Crippen molar-refractivity contribution in [1.29, 1.82) is 0 Å². The fourth-order valence-electron chi connectivity index (χ4n) is 5.78. The molecule has 5 rings (SSSR count). The van der Waals surface area contributed by atoms with Crippen LogP contribution in [0.5, 0.6) is 0 Å². The van der Waals surface area contributed by atoms with Crippen LogP contribution < -0.4 is 5.32 Å². The first-order valence-electron chi connectivity index (χ1n) is 8.99. The number of nitrogens with one attached hydrogen (secondary N) is 1. The number of amides is 1. The molecule has 1 aromatic rings. The third-order valence-corrected chi connectivity index (χ3v) is 6.19. The minimum absolute atomic E-state index is 0.0181. The second-order valence-electron chi connectivity index (χ2n) is 8.29. The summed E-state index contributed by atoms with van der Waals surface area (Å²) in [6, 6.07) is 0. The fourth-order valence-corrected chi connectivity index (χ4v) is 5.78. The van der Waals surface area contributed by atoms with E-state index in [1.807, 2.05) is 11.6 Å². The molecule has 2 atom stereocenters. The van der Waals surface area contributed by atoms with Crippen molar-refractivity contribution in [1.82, 2.24) is 15.1 Å². The van der Waals surface area contributed by atoms with Crippen LogP contribution in [0, 0.1) is 18.8 Å². The maximum atomic E-state index is 12.8. The smallest absolute Gasteiger partial charge is 0.255 e. The molecular formula is C18H27N3O2. The molecular weight excluding hydrogens is 290 g/mol. The average molecular weight is 317 g/mol. The van der Waals surface area contributed by atoms with Gasteiger partial charge in [-0.3, -0.25) is 9.48 Å². The fraction of sp³-hybridized carbons (Fsp3) is 0.778. The van der Waals surface area contributed by atoms with Gasteiger partial charge >= 0.3 is 0 Å². The zero-order chi connectivity index (χ0) is 16.2.